The number of carbonyl (C=O) groups is 2. The van der Waals surface area contributed by atoms with Gasteiger partial charge in [-0.2, -0.15) is 0 Å². The monoisotopic (exact) mass is 427 g/mol. The van der Waals surface area contributed by atoms with E-state index in [0.29, 0.717) is 23.6 Å². The van der Waals surface area contributed by atoms with Crippen LogP contribution in [-0.4, -0.2) is 51.1 Å². The zero-order chi connectivity index (χ0) is 23.0. The van der Waals surface area contributed by atoms with E-state index in [9.17, 15) is 9.59 Å². The minimum absolute atomic E-state index is 0.0894. The molecule has 0 aliphatic carbocycles. The molecule has 2 amide bonds. The molecular formula is C24H33N3O4. The Morgan fingerprint density at radius 3 is 2.06 bits per heavy atom. The lowest BCUT2D eigenvalue weighted by molar-refractivity contribution is -0.124. The molecule has 0 bridgehead atoms. The molecule has 0 saturated carbocycles. The molecule has 0 aromatic heterocycles. The summed E-state index contributed by atoms with van der Waals surface area (Å²) in [7, 11) is 7.06. The van der Waals surface area contributed by atoms with Crippen molar-refractivity contribution in [3.63, 3.8) is 0 Å². The van der Waals surface area contributed by atoms with E-state index in [1.807, 2.05) is 46.1 Å². The molecule has 2 rings (SSSR count). The summed E-state index contributed by atoms with van der Waals surface area (Å²) in [5, 5.41) is 5.82. The molecular weight excluding hydrogens is 394 g/mol. The first-order valence-electron chi connectivity index (χ1n) is 10.3. The summed E-state index contributed by atoms with van der Waals surface area (Å²) >= 11 is 0. The van der Waals surface area contributed by atoms with Crippen LogP contribution in [0.3, 0.4) is 0 Å². The molecule has 7 heteroatoms. The van der Waals surface area contributed by atoms with Gasteiger partial charge in [0.2, 0.25) is 5.91 Å². The first kappa shape index (κ1) is 24.2. The van der Waals surface area contributed by atoms with E-state index in [0.717, 1.165) is 17.7 Å². The van der Waals surface area contributed by atoms with Crippen molar-refractivity contribution >= 4 is 11.8 Å². The van der Waals surface area contributed by atoms with Gasteiger partial charge in [-0.05, 0) is 43.3 Å². The first-order valence-corrected chi connectivity index (χ1v) is 10.3. The number of amides is 2. The van der Waals surface area contributed by atoms with Crippen LogP contribution in [0.25, 0.3) is 0 Å². The Bertz CT molecular complexity index is 874. The zero-order valence-electron chi connectivity index (χ0n) is 19.2. The fourth-order valence-electron chi connectivity index (χ4n) is 3.22. The maximum Gasteiger partial charge on any atom is 0.252 e. The van der Waals surface area contributed by atoms with Crippen LogP contribution in [0.4, 0.5) is 0 Å². The van der Waals surface area contributed by atoms with Gasteiger partial charge < -0.3 is 25.0 Å². The number of hydrogen-bond donors (Lipinski definition) is 2. The number of carbonyl (C=O) groups excluding carboxylic acids is 2. The van der Waals surface area contributed by atoms with Gasteiger partial charge in [-0.3, -0.25) is 9.59 Å². The molecule has 2 N–H and O–H groups in total. The second-order valence-electron chi connectivity index (χ2n) is 8.02. The number of nitrogens with zero attached hydrogens (tertiary/aromatic N) is 1. The lowest BCUT2D eigenvalue weighted by Gasteiger charge is -2.22. The van der Waals surface area contributed by atoms with Crippen molar-refractivity contribution < 1.29 is 19.1 Å². The Labute approximate surface area is 184 Å². The van der Waals surface area contributed by atoms with Crippen molar-refractivity contribution in [2.45, 2.75) is 33.0 Å². The van der Waals surface area contributed by atoms with Crippen LogP contribution >= 0.6 is 0 Å². The lowest BCUT2D eigenvalue weighted by atomic mass is 10.0. The predicted octanol–water partition coefficient (Wildman–Crippen LogP) is 2.84. The molecule has 0 radical (unpaired) electrons. The molecule has 0 aliphatic heterocycles. The van der Waals surface area contributed by atoms with Crippen molar-refractivity contribution in [1.82, 2.24) is 15.5 Å². The highest BCUT2D eigenvalue weighted by Gasteiger charge is 2.25. The van der Waals surface area contributed by atoms with E-state index in [-0.39, 0.29) is 17.7 Å². The molecule has 7 nitrogen and oxygen atoms in total. The number of ether oxygens (including phenoxy) is 2. The molecule has 1 atom stereocenters. The van der Waals surface area contributed by atoms with Gasteiger partial charge in [0.15, 0.2) is 0 Å². The maximum atomic E-state index is 12.9. The third-order valence-corrected chi connectivity index (χ3v) is 4.91. The fourth-order valence-corrected chi connectivity index (χ4v) is 3.22. The van der Waals surface area contributed by atoms with Crippen LogP contribution in [-0.2, 0) is 17.9 Å². The summed E-state index contributed by atoms with van der Waals surface area (Å²) in [4.78, 5) is 27.8. The molecule has 0 saturated heterocycles. The first-order chi connectivity index (χ1) is 14.7. The smallest absolute Gasteiger partial charge is 0.252 e. The highest BCUT2D eigenvalue weighted by molar-refractivity contribution is 5.98. The van der Waals surface area contributed by atoms with Crippen molar-refractivity contribution in [2.75, 3.05) is 28.3 Å². The molecule has 2 aromatic rings. The summed E-state index contributed by atoms with van der Waals surface area (Å²) in [5.74, 6) is 0.338. The highest BCUT2D eigenvalue weighted by Crippen LogP contribution is 2.22. The third kappa shape index (κ3) is 7.00. The summed E-state index contributed by atoms with van der Waals surface area (Å²) in [6, 6.07) is 12.3. The van der Waals surface area contributed by atoms with E-state index in [4.69, 9.17) is 9.47 Å². The summed E-state index contributed by atoms with van der Waals surface area (Å²) in [5.41, 5.74) is 2.57. The van der Waals surface area contributed by atoms with Crippen LogP contribution in [0, 0.1) is 5.92 Å². The van der Waals surface area contributed by atoms with E-state index >= 15 is 0 Å². The number of benzene rings is 2. The molecule has 168 valence electrons. The molecule has 0 aliphatic rings. The Kier molecular flexibility index (Phi) is 8.88. The average molecular weight is 428 g/mol. The molecule has 0 unspecified atom stereocenters. The van der Waals surface area contributed by atoms with Crippen LogP contribution in [0.5, 0.6) is 11.5 Å². The Balaban J connectivity index is 2.11. The number of nitrogens with one attached hydrogen (secondary N) is 2. The van der Waals surface area contributed by atoms with Gasteiger partial charge in [-0.1, -0.05) is 38.1 Å². The molecule has 2 aromatic carbocycles. The van der Waals surface area contributed by atoms with Gasteiger partial charge in [-0.15, -0.1) is 0 Å². The predicted molar refractivity (Wildman–Crippen MR) is 121 cm³/mol. The minimum Gasteiger partial charge on any atom is -0.497 e. The Morgan fingerprint density at radius 2 is 1.55 bits per heavy atom. The number of rotatable bonds is 10. The topological polar surface area (TPSA) is 79.9 Å². The van der Waals surface area contributed by atoms with Crippen molar-refractivity contribution in [1.29, 1.82) is 0 Å². The Morgan fingerprint density at radius 1 is 0.968 bits per heavy atom. The standard InChI is InChI=1S/C24H33N3O4/c1-16(2)22(26-23(28)19-11-20(30-5)13-21(12-19)31-6)24(29)25-14-17-9-7-8-10-18(17)15-27(3)4/h7-13,16,22H,14-15H2,1-6H3,(H,25,29)(H,26,28)/t22-/m0/s1. The average Bonchev–Trinajstić information content (AvgIpc) is 2.75. The van der Waals surface area contributed by atoms with Crippen molar-refractivity contribution in [2.24, 2.45) is 5.92 Å². The number of methoxy groups -OCH3 is 2. The SMILES string of the molecule is COc1cc(OC)cc(C(=O)N[C@H](C(=O)NCc2ccccc2CN(C)C)C(C)C)c1. The van der Waals surface area contributed by atoms with Gasteiger partial charge in [0.1, 0.15) is 17.5 Å². The van der Waals surface area contributed by atoms with Gasteiger partial charge >= 0.3 is 0 Å². The van der Waals surface area contributed by atoms with Gasteiger partial charge in [0.05, 0.1) is 14.2 Å². The molecule has 0 fully saturated rings. The van der Waals surface area contributed by atoms with Crippen LogP contribution in [0.2, 0.25) is 0 Å². The summed E-state index contributed by atoms with van der Waals surface area (Å²) < 4.78 is 10.5. The highest BCUT2D eigenvalue weighted by atomic mass is 16.5. The second kappa shape index (κ2) is 11.4. The van der Waals surface area contributed by atoms with E-state index in [1.165, 1.54) is 14.2 Å². The van der Waals surface area contributed by atoms with Gasteiger partial charge in [0.25, 0.3) is 5.91 Å². The Hall–Kier alpha value is -3.06. The quantitative estimate of drug-likeness (QED) is 0.610. The van der Waals surface area contributed by atoms with Crippen LogP contribution < -0.4 is 20.1 Å². The second-order valence-corrected chi connectivity index (χ2v) is 8.02. The van der Waals surface area contributed by atoms with Crippen molar-refractivity contribution in [3.8, 4) is 11.5 Å². The van der Waals surface area contributed by atoms with Gasteiger partial charge in [-0.25, -0.2) is 0 Å². The van der Waals surface area contributed by atoms with E-state index < -0.39 is 6.04 Å². The zero-order valence-corrected chi connectivity index (χ0v) is 19.2. The number of hydrogen-bond acceptors (Lipinski definition) is 5. The van der Waals surface area contributed by atoms with Crippen molar-refractivity contribution in [3.05, 3.63) is 59.2 Å². The van der Waals surface area contributed by atoms with Crippen LogP contribution in [0.15, 0.2) is 42.5 Å². The normalized spacial score (nSPS) is 11.9. The fraction of sp³-hybridized carbons (Fsp3) is 0.417. The van der Waals surface area contributed by atoms with Gasteiger partial charge in [0, 0.05) is 24.7 Å². The largest absolute Gasteiger partial charge is 0.497 e. The lowest BCUT2D eigenvalue weighted by Crippen LogP contribution is -2.49. The van der Waals surface area contributed by atoms with Crippen LogP contribution in [0.1, 0.15) is 35.3 Å². The third-order valence-electron chi connectivity index (χ3n) is 4.91. The molecule has 31 heavy (non-hydrogen) atoms. The summed E-state index contributed by atoms with van der Waals surface area (Å²) in [6.07, 6.45) is 0. The van der Waals surface area contributed by atoms with E-state index in [2.05, 4.69) is 21.6 Å². The molecule has 0 spiro atoms. The maximum absolute atomic E-state index is 12.9. The molecule has 0 heterocycles. The van der Waals surface area contributed by atoms with E-state index in [1.54, 1.807) is 18.2 Å². The summed E-state index contributed by atoms with van der Waals surface area (Å²) in [6.45, 7) is 4.98. The minimum atomic E-state index is -0.675.